The van der Waals surface area contributed by atoms with Crippen LogP contribution in [-0.2, 0) is 11.4 Å². The van der Waals surface area contributed by atoms with E-state index in [-0.39, 0.29) is 18.3 Å². The summed E-state index contributed by atoms with van der Waals surface area (Å²) >= 11 is 4.59. The van der Waals surface area contributed by atoms with Crippen LogP contribution in [0.2, 0.25) is 0 Å². The third-order valence-electron chi connectivity index (χ3n) is 3.68. The number of hydrogen-bond acceptors (Lipinski definition) is 6. The third-order valence-corrected chi connectivity index (χ3v) is 4.99. The average molecular weight is 448 g/mol. The SMILES string of the molecule is Cc1cc(Br)ccc1NC(=O)CSc1nnc(COc2ccccc2C)o1. The monoisotopic (exact) mass is 447 g/mol. The predicted octanol–water partition coefficient (Wildman–Crippen LogP) is 4.76. The lowest BCUT2D eigenvalue weighted by atomic mass is 10.2. The van der Waals surface area contributed by atoms with Gasteiger partial charge in [0.2, 0.25) is 5.91 Å². The topological polar surface area (TPSA) is 77.2 Å². The molecular formula is C19H18BrN3O3S. The second-order valence-corrected chi connectivity index (χ2v) is 7.65. The van der Waals surface area contributed by atoms with Crippen LogP contribution >= 0.6 is 27.7 Å². The normalized spacial score (nSPS) is 10.6. The molecule has 0 spiro atoms. The van der Waals surface area contributed by atoms with Crippen molar-refractivity contribution in [3.05, 3.63) is 64.0 Å². The number of aromatic nitrogens is 2. The molecule has 0 unspecified atom stereocenters. The summed E-state index contributed by atoms with van der Waals surface area (Å²) in [5.41, 5.74) is 2.80. The van der Waals surface area contributed by atoms with Crippen LogP contribution in [0.3, 0.4) is 0 Å². The molecule has 0 atom stereocenters. The number of nitrogens with one attached hydrogen (secondary N) is 1. The first-order chi connectivity index (χ1) is 13.0. The summed E-state index contributed by atoms with van der Waals surface area (Å²) in [5, 5.41) is 11.1. The lowest BCUT2D eigenvalue weighted by Crippen LogP contribution is -2.14. The second kappa shape index (κ2) is 9.05. The molecule has 2 aromatic carbocycles. The number of anilines is 1. The molecule has 0 aliphatic rings. The van der Waals surface area contributed by atoms with Gasteiger partial charge in [-0.25, -0.2) is 0 Å². The van der Waals surface area contributed by atoms with Crippen LogP contribution in [-0.4, -0.2) is 21.9 Å². The zero-order valence-electron chi connectivity index (χ0n) is 14.9. The minimum absolute atomic E-state index is 0.138. The molecule has 0 aliphatic heterocycles. The van der Waals surface area contributed by atoms with Crippen molar-refractivity contribution in [3.63, 3.8) is 0 Å². The quantitative estimate of drug-likeness (QED) is 0.526. The van der Waals surface area contributed by atoms with Gasteiger partial charge < -0.3 is 14.5 Å². The first-order valence-electron chi connectivity index (χ1n) is 8.21. The van der Waals surface area contributed by atoms with E-state index in [0.717, 1.165) is 27.0 Å². The molecule has 1 amide bonds. The van der Waals surface area contributed by atoms with Crippen LogP contribution < -0.4 is 10.1 Å². The number of carbonyl (C=O) groups is 1. The molecule has 3 rings (SSSR count). The van der Waals surface area contributed by atoms with Gasteiger partial charge in [0.25, 0.3) is 11.1 Å². The van der Waals surface area contributed by atoms with E-state index in [1.807, 2.05) is 56.3 Å². The van der Waals surface area contributed by atoms with Gasteiger partial charge in [-0.3, -0.25) is 4.79 Å². The molecule has 0 bridgehead atoms. The van der Waals surface area contributed by atoms with Crippen molar-refractivity contribution in [1.82, 2.24) is 10.2 Å². The highest BCUT2D eigenvalue weighted by Gasteiger charge is 2.11. The highest BCUT2D eigenvalue weighted by Crippen LogP contribution is 2.22. The summed E-state index contributed by atoms with van der Waals surface area (Å²) in [6.07, 6.45) is 0. The van der Waals surface area contributed by atoms with Crippen molar-refractivity contribution in [2.75, 3.05) is 11.1 Å². The molecule has 1 heterocycles. The van der Waals surface area contributed by atoms with Crippen molar-refractivity contribution < 1.29 is 13.9 Å². The van der Waals surface area contributed by atoms with Crippen LogP contribution in [0.25, 0.3) is 0 Å². The number of halogens is 1. The summed E-state index contributed by atoms with van der Waals surface area (Å²) in [5.74, 6) is 1.18. The van der Waals surface area contributed by atoms with Crippen LogP contribution in [0, 0.1) is 13.8 Å². The average Bonchev–Trinajstić information content (AvgIpc) is 3.10. The van der Waals surface area contributed by atoms with Gasteiger partial charge in [-0.05, 0) is 49.2 Å². The Hall–Kier alpha value is -2.32. The summed E-state index contributed by atoms with van der Waals surface area (Å²) in [7, 11) is 0. The van der Waals surface area contributed by atoms with Crippen molar-refractivity contribution in [2.45, 2.75) is 25.7 Å². The number of aryl methyl sites for hydroxylation is 2. The van der Waals surface area contributed by atoms with Crippen molar-refractivity contribution in [2.24, 2.45) is 0 Å². The molecule has 140 valence electrons. The Morgan fingerprint density at radius 3 is 2.78 bits per heavy atom. The maximum Gasteiger partial charge on any atom is 0.277 e. The third kappa shape index (κ3) is 5.58. The van der Waals surface area contributed by atoms with Crippen LogP contribution in [0.1, 0.15) is 17.0 Å². The smallest absolute Gasteiger partial charge is 0.277 e. The fraction of sp³-hybridized carbons (Fsp3) is 0.211. The number of hydrogen-bond donors (Lipinski definition) is 1. The summed E-state index contributed by atoms with van der Waals surface area (Å²) < 4.78 is 12.2. The van der Waals surface area contributed by atoms with E-state index in [2.05, 4.69) is 31.4 Å². The maximum absolute atomic E-state index is 12.1. The first-order valence-corrected chi connectivity index (χ1v) is 9.99. The van der Waals surface area contributed by atoms with Gasteiger partial charge >= 0.3 is 0 Å². The Morgan fingerprint density at radius 1 is 1.19 bits per heavy atom. The van der Waals surface area contributed by atoms with Crippen molar-refractivity contribution in [3.8, 4) is 5.75 Å². The lowest BCUT2D eigenvalue weighted by Gasteiger charge is -2.07. The van der Waals surface area contributed by atoms with Crippen LogP contribution in [0.4, 0.5) is 5.69 Å². The highest BCUT2D eigenvalue weighted by molar-refractivity contribution is 9.10. The largest absolute Gasteiger partial charge is 0.484 e. The summed E-state index contributed by atoms with van der Waals surface area (Å²) in [4.78, 5) is 12.1. The summed E-state index contributed by atoms with van der Waals surface area (Å²) in [6.45, 7) is 4.09. The second-order valence-electron chi connectivity index (χ2n) is 5.81. The van der Waals surface area contributed by atoms with E-state index in [0.29, 0.717) is 11.1 Å². The zero-order chi connectivity index (χ0) is 19.2. The lowest BCUT2D eigenvalue weighted by molar-refractivity contribution is -0.113. The Labute approximate surface area is 169 Å². The van der Waals surface area contributed by atoms with Crippen LogP contribution in [0.5, 0.6) is 5.75 Å². The van der Waals surface area contributed by atoms with Crippen LogP contribution in [0.15, 0.2) is 56.6 Å². The van der Waals surface area contributed by atoms with Crippen molar-refractivity contribution in [1.29, 1.82) is 0 Å². The number of rotatable bonds is 7. The van der Waals surface area contributed by atoms with Gasteiger partial charge in [-0.2, -0.15) is 0 Å². The Kier molecular flexibility index (Phi) is 6.52. The molecule has 1 aromatic heterocycles. The molecule has 0 aliphatic carbocycles. The Morgan fingerprint density at radius 2 is 2.00 bits per heavy atom. The van der Waals surface area contributed by atoms with Gasteiger partial charge in [0.05, 0.1) is 5.75 Å². The number of para-hydroxylation sites is 1. The first kappa shape index (κ1) is 19.4. The van der Waals surface area contributed by atoms with Gasteiger partial charge in [-0.1, -0.05) is 45.9 Å². The van der Waals surface area contributed by atoms with Gasteiger partial charge in [0.15, 0.2) is 6.61 Å². The maximum atomic E-state index is 12.1. The van der Waals surface area contributed by atoms with E-state index >= 15 is 0 Å². The fourth-order valence-corrected chi connectivity index (χ4v) is 3.35. The molecule has 0 fully saturated rings. The zero-order valence-corrected chi connectivity index (χ0v) is 17.3. The standard InChI is InChI=1S/C19H18BrN3O3S/c1-12-5-3-4-6-16(12)25-10-18-22-23-19(26-18)27-11-17(24)21-15-8-7-14(20)9-13(15)2/h3-9H,10-11H2,1-2H3,(H,21,24). The van der Waals surface area contributed by atoms with E-state index in [1.165, 1.54) is 11.8 Å². The summed E-state index contributed by atoms with van der Waals surface area (Å²) in [6, 6.07) is 13.4. The molecule has 8 heteroatoms. The Bertz CT molecular complexity index is 945. The van der Waals surface area contributed by atoms with Gasteiger partial charge in [0, 0.05) is 10.2 Å². The van der Waals surface area contributed by atoms with Crippen molar-refractivity contribution >= 4 is 39.3 Å². The molecular weight excluding hydrogens is 430 g/mol. The number of thioether (sulfide) groups is 1. The van der Waals surface area contributed by atoms with E-state index in [4.69, 9.17) is 9.15 Å². The molecule has 0 radical (unpaired) electrons. The van der Waals surface area contributed by atoms with E-state index in [1.54, 1.807) is 0 Å². The number of benzene rings is 2. The van der Waals surface area contributed by atoms with E-state index in [9.17, 15) is 4.79 Å². The molecule has 1 N–H and O–H groups in total. The van der Waals surface area contributed by atoms with Gasteiger partial charge in [0.1, 0.15) is 5.75 Å². The number of carbonyl (C=O) groups excluding carboxylic acids is 1. The molecule has 0 saturated heterocycles. The molecule has 6 nitrogen and oxygen atoms in total. The molecule has 0 saturated carbocycles. The number of ether oxygens (including phenoxy) is 1. The number of amides is 1. The minimum Gasteiger partial charge on any atom is -0.484 e. The molecule has 3 aromatic rings. The number of nitrogens with zero attached hydrogens (tertiary/aromatic N) is 2. The van der Waals surface area contributed by atoms with Gasteiger partial charge in [-0.15, -0.1) is 10.2 Å². The van der Waals surface area contributed by atoms with E-state index < -0.39 is 0 Å². The minimum atomic E-state index is -0.138. The molecule has 27 heavy (non-hydrogen) atoms. The predicted molar refractivity (Wildman–Crippen MR) is 108 cm³/mol. The Balaban J connectivity index is 1.49. The highest BCUT2D eigenvalue weighted by atomic mass is 79.9. The fourth-order valence-electron chi connectivity index (χ4n) is 2.29.